The van der Waals surface area contributed by atoms with Crippen molar-refractivity contribution in [2.45, 2.75) is 0 Å². The van der Waals surface area contributed by atoms with Crippen LogP contribution >= 0.6 is 0 Å². The Bertz CT molecular complexity index is 538. The minimum atomic E-state index is -1.48. The summed E-state index contributed by atoms with van der Waals surface area (Å²) < 4.78 is 0. The van der Waals surface area contributed by atoms with Crippen LogP contribution in [0.5, 0.6) is 0 Å². The Morgan fingerprint density at radius 2 is 1.59 bits per heavy atom. The molecule has 0 spiro atoms. The second kappa shape index (κ2) is 4.95. The summed E-state index contributed by atoms with van der Waals surface area (Å²) in [5, 5.41) is 18.2. The van der Waals surface area contributed by atoms with Gasteiger partial charge >= 0.3 is 7.12 Å². The van der Waals surface area contributed by atoms with Crippen LogP contribution in [0.4, 0.5) is 0 Å². The van der Waals surface area contributed by atoms with Gasteiger partial charge in [0.15, 0.2) is 0 Å². The molecule has 0 aliphatic rings. The minimum absolute atomic E-state index is 0.430. The van der Waals surface area contributed by atoms with E-state index in [2.05, 4.69) is 0 Å². The minimum Gasteiger partial charge on any atom is -0.423 e. The average molecular weight is 226 g/mol. The third-order valence-corrected chi connectivity index (χ3v) is 2.54. The maximum Gasteiger partial charge on any atom is 0.488 e. The molecule has 0 fully saturated rings. The van der Waals surface area contributed by atoms with Crippen molar-refractivity contribution < 1.29 is 14.8 Å². The van der Waals surface area contributed by atoms with Gasteiger partial charge in [-0.1, -0.05) is 42.5 Å². The van der Waals surface area contributed by atoms with Gasteiger partial charge in [-0.2, -0.15) is 0 Å². The van der Waals surface area contributed by atoms with Gasteiger partial charge in [0.05, 0.1) is 0 Å². The van der Waals surface area contributed by atoms with E-state index >= 15 is 0 Å². The third-order valence-electron chi connectivity index (χ3n) is 2.54. The average Bonchev–Trinajstić information content (AvgIpc) is 2.39. The quantitative estimate of drug-likeness (QED) is 0.602. The van der Waals surface area contributed by atoms with Crippen LogP contribution in [0.15, 0.2) is 48.5 Å². The van der Waals surface area contributed by atoms with E-state index in [4.69, 9.17) is 10.0 Å². The Kier molecular flexibility index (Phi) is 3.37. The van der Waals surface area contributed by atoms with E-state index in [0.29, 0.717) is 11.0 Å². The molecule has 0 saturated heterocycles. The molecule has 0 saturated carbocycles. The summed E-state index contributed by atoms with van der Waals surface area (Å²) in [6.07, 6.45) is 0.786. The van der Waals surface area contributed by atoms with Gasteiger partial charge in [0.1, 0.15) is 6.29 Å². The highest BCUT2D eigenvalue weighted by molar-refractivity contribution is 6.58. The molecule has 0 aliphatic carbocycles. The van der Waals surface area contributed by atoms with Crippen molar-refractivity contribution >= 4 is 18.9 Å². The number of aldehydes is 1. The predicted molar refractivity (Wildman–Crippen MR) is 67.1 cm³/mol. The van der Waals surface area contributed by atoms with Gasteiger partial charge in [-0.15, -0.1) is 0 Å². The lowest BCUT2D eigenvalue weighted by molar-refractivity contribution is 0.112. The zero-order valence-electron chi connectivity index (χ0n) is 9.08. The monoisotopic (exact) mass is 226 g/mol. The molecule has 17 heavy (non-hydrogen) atoms. The van der Waals surface area contributed by atoms with Gasteiger partial charge in [0, 0.05) is 5.56 Å². The Morgan fingerprint density at radius 3 is 2.24 bits per heavy atom. The largest absolute Gasteiger partial charge is 0.488 e. The van der Waals surface area contributed by atoms with Crippen LogP contribution in [0.1, 0.15) is 10.4 Å². The van der Waals surface area contributed by atoms with Crippen molar-refractivity contribution in [3.63, 3.8) is 0 Å². The summed E-state index contributed by atoms with van der Waals surface area (Å²) >= 11 is 0. The van der Waals surface area contributed by atoms with Crippen LogP contribution < -0.4 is 5.46 Å². The van der Waals surface area contributed by atoms with Crippen LogP contribution in [0.25, 0.3) is 11.1 Å². The van der Waals surface area contributed by atoms with E-state index in [1.807, 2.05) is 12.1 Å². The lowest BCUT2D eigenvalue weighted by Crippen LogP contribution is -2.29. The fourth-order valence-corrected chi connectivity index (χ4v) is 1.67. The van der Waals surface area contributed by atoms with Crippen LogP contribution in [-0.2, 0) is 0 Å². The second-order valence-electron chi connectivity index (χ2n) is 3.74. The number of rotatable bonds is 3. The first-order chi connectivity index (χ1) is 8.20. The zero-order valence-corrected chi connectivity index (χ0v) is 9.08. The van der Waals surface area contributed by atoms with Crippen LogP contribution in [-0.4, -0.2) is 23.5 Å². The predicted octanol–water partition coefficient (Wildman–Crippen LogP) is 0.846. The van der Waals surface area contributed by atoms with E-state index < -0.39 is 7.12 Å². The maximum absolute atomic E-state index is 10.7. The number of benzene rings is 2. The molecule has 2 aromatic carbocycles. The standard InChI is InChI=1S/C13H11BO3/c15-9-10-3-1-4-11(7-10)12-5-2-6-13(8-12)14(16)17/h1-9,16-17H. The smallest absolute Gasteiger partial charge is 0.423 e. The molecular formula is C13H11BO3. The molecule has 0 heterocycles. The van der Waals surface area contributed by atoms with Crippen molar-refractivity contribution in [2.24, 2.45) is 0 Å². The molecular weight excluding hydrogens is 215 g/mol. The van der Waals surface area contributed by atoms with E-state index in [1.54, 1.807) is 36.4 Å². The summed E-state index contributed by atoms with van der Waals surface area (Å²) in [4.78, 5) is 10.7. The molecule has 0 aromatic heterocycles. The van der Waals surface area contributed by atoms with Crippen molar-refractivity contribution in [3.8, 4) is 11.1 Å². The molecule has 0 amide bonds. The normalized spacial score (nSPS) is 10.0. The molecule has 0 aliphatic heterocycles. The lowest BCUT2D eigenvalue weighted by Gasteiger charge is -2.05. The van der Waals surface area contributed by atoms with E-state index in [-0.39, 0.29) is 0 Å². The van der Waals surface area contributed by atoms with E-state index in [0.717, 1.165) is 17.4 Å². The molecule has 0 bridgehead atoms. The first-order valence-electron chi connectivity index (χ1n) is 5.22. The van der Waals surface area contributed by atoms with Crippen LogP contribution in [0.3, 0.4) is 0 Å². The molecule has 2 rings (SSSR count). The number of carbonyl (C=O) groups excluding carboxylic acids is 1. The molecule has 0 atom stereocenters. The molecule has 84 valence electrons. The van der Waals surface area contributed by atoms with Gasteiger partial charge in [0.2, 0.25) is 0 Å². The molecule has 4 heteroatoms. The number of hydrogen-bond donors (Lipinski definition) is 2. The first-order valence-corrected chi connectivity index (χ1v) is 5.22. The Balaban J connectivity index is 2.45. The first kappa shape index (κ1) is 11.6. The highest BCUT2D eigenvalue weighted by Gasteiger charge is 2.11. The van der Waals surface area contributed by atoms with Gasteiger partial charge < -0.3 is 10.0 Å². The maximum atomic E-state index is 10.7. The fourth-order valence-electron chi connectivity index (χ4n) is 1.67. The molecule has 0 radical (unpaired) electrons. The van der Waals surface area contributed by atoms with E-state index in [1.165, 1.54) is 0 Å². The summed E-state index contributed by atoms with van der Waals surface area (Å²) in [7, 11) is -1.48. The SMILES string of the molecule is O=Cc1cccc(-c2cccc(B(O)O)c2)c1. The second-order valence-corrected chi connectivity index (χ2v) is 3.74. The van der Waals surface area contributed by atoms with Crippen molar-refractivity contribution in [1.82, 2.24) is 0 Å². The van der Waals surface area contributed by atoms with Gasteiger partial charge in [0.25, 0.3) is 0 Å². The molecule has 2 aromatic rings. The topological polar surface area (TPSA) is 57.5 Å². The Labute approximate surface area is 99.5 Å². The Hall–Kier alpha value is -1.91. The molecule has 2 N–H and O–H groups in total. The fraction of sp³-hybridized carbons (Fsp3) is 0. The van der Waals surface area contributed by atoms with Crippen molar-refractivity contribution in [3.05, 3.63) is 54.1 Å². The number of carbonyl (C=O) groups is 1. The molecule has 0 unspecified atom stereocenters. The van der Waals surface area contributed by atoms with E-state index in [9.17, 15) is 4.79 Å². The summed E-state index contributed by atoms with van der Waals surface area (Å²) in [5.74, 6) is 0. The summed E-state index contributed by atoms with van der Waals surface area (Å²) in [6.45, 7) is 0. The van der Waals surface area contributed by atoms with Crippen LogP contribution in [0, 0.1) is 0 Å². The zero-order chi connectivity index (χ0) is 12.3. The summed E-state index contributed by atoms with van der Waals surface area (Å²) in [6, 6.07) is 14.1. The van der Waals surface area contributed by atoms with Gasteiger partial charge in [-0.3, -0.25) is 4.79 Å². The van der Waals surface area contributed by atoms with Crippen molar-refractivity contribution in [2.75, 3.05) is 0 Å². The Morgan fingerprint density at radius 1 is 0.941 bits per heavy atom. The van der Waals surface area contributed by atoms with Crippen LogP contribution in [0.2, 0.25) is 0 Å². The van der Waals surface area contributed by atoms with Crippen molar-refractivity contribution in [1.29, 1.82) is 0 Å². The molecule has 3 nitrogen and oxygen atoms in total. The third kappa shape index (κ3) is 2.61. The number of hydrogen-bond acceptors (Lipinski definition) is 3. The summed E-state index contributed by atoms with van der Waals surface area (Å²) in [5.41, 5.74) is 2.74. The highest BCUT2D eigenvalue weighted by atomic mass is 16.4. The highest BCUT2D eigenvalue weighted by Crippen LogP contribution is 2.18. The van der Waals surface area contributed by atoms with Gasteiger partial charge in [-0.25, -0.2) is 0 Å². The lowest BCUT2D eigenvalue weighted by atomic mass is 9.79. The van der Waals surface area contributed by atoms with Gasteiger partial charge in [-0.05, 0) is 22.7 Å².